The lowest BCUT2D eigenvalue weighted by Crippen LogP contribution is -2.41. The molecule has 3 heteroatoms. The first-order valence-corrected chi connectivity index (χ1v) is 10.4. The van der Waals surface area contributed by atoms with Crippen LogP contribution in [0.25, 0.3) is 11.1 Å². The largest absolute Gasteiger partial charge is 0.495 e. The van der Waals surface area contributed by atoms with Crippen molar-refractivity contribution in [2.45, 2.75) is 76.4 Å². The molecule has 0 N–H and O–H groups in total. The van der Waals surface area contributed by atoms with Crippen molar-refractivity contribution in [3.63, 3.8) is 0 Å². The number of fused-ring (bicyclic) bond motifs is 5. The van der Waals surface area contributed by atoms with Crippen LogP contribution in [-0.4, -0.2) is 18.3 Å². The third kappa shape index (κ3) is 2.34. The molecule has 0 amide bonds. The Morgan fingerprint density at radius 1 is 0.741 bits per heavy atom. The van der Waals surface area contributed by atoms with Gasteiger partial charge in [0.05, 0.1) is 11.2 Å². The molecule has 1 aliphatic heterocycles. The molecule has 2 aromatic rings. The first-order valence-electron chi connectivity index (χ1n) is 10.4. The van der Waals surface area contributed by atoms with E-state index in [1.807, 2.05) is 0 Å². The molecule has 0 unspecified atom stereocenters. The van der Waals surface area contributed by atoms with Gasteiger partial charge in [-0.05, 0) is 68.3 Å². The minimum absolute atomic E-state index is 0.184. The molecule has 27 heavy (non-hydrogen) atoms. The lowest BCUT2D eigenvalue weighted by molar-refractivity contribution is 0.00578. The van der Waals surface area contributed by atoms with E-state index < -0.39 is 0 Å². The lowest BCUT2D eigenvalue weighted by atomic mass is 9.66. The predicted octanol–water partition coefficient (Wildman–Crippen LogP) is 5.22. The maximum Gasteiger partial charge on any atom is 0.495 e. The van der Waals surface area contributed by atoms with E-state index in [9.17, 15) is 0 Å². The van der Waals surface area contributed by atoms with Gasteiger partial charge in [0.2, 0.25) is 0 Å². The third-order valence-corrected chi connectivity index (χ3v) is 7.54. The van der Waals surface area contributed by atoms with Crippen molar-refractivity contribution < 1.29 is 9.31 Å². The monoisotopic (exact) mass is 360 g/mol. The molecule has 0 aromatic heterocycles. The highest BCUT2D eigenvalue weighted by Crippen LogP contribution is 2.55. The molecular formula is C24H29BO2. The van der Waals surface area contributed by atoms with Gasteiger partial charge in [-0.1, -0.05) is 61.7 Å². The number of benzene rings is 2. The molecule has 2 fully saturated rings. The fraction of sp³-hybridized carbons (Fsp3) is 0.500. The Morgan fingerprint density at radius 3 is 2.07 bits per heavy atom. The van der Waals surface area contributed by atoms with Crippen LogP contribution in [0.1, 0.15) is 70.9 Å². The van der Waals surface area contributed by atoms with E-state index in [2.05, 4.69) is 70.2 Å². The van der Waals surface area contributed by atoms with E-state index in [0.717, 1.165) is 0 Å². The van der Waals surface area contributed by atoms with Gasteiger partial charge < -0.3 is 9.31 Å². The van der Waals surface area contributed by atoms with Crippen LogP contribution in [0, 0.1) is 0 Å². The van der Waals surface area contributed by atoms with Gasteiger partial charge in [0.1, 0.15) is 0 Å². The maximum absolute atomic E-state index is 6.44. The summed E-state index contributed by atoms with van der Waals surface area (Å²) in [5.41, 5.74) is 6.51. The summed E-state index contributed by atoms with van der Waals surface area (Å²) >= 11 is 0. The number of rotatable bonds is 1. The smallest absolute Gasteiger partial charge is 0.399 e. The average Bonchev–Trinajstić information content (AvgIpc) is 3.04. The highest BCUT2D eigenvalue weighted by atomic mass is 16.7. The van der Waals surface area contributed by atoms with Gasteiger partial charge in [-0.25, -0.2) is 0 Å². The molecule has 2 nitrogen and oxygen atoms in total. The predicted molar refractivity (Wildman–Crippen MR) is 111 cm³/mol. The van der Waals surface area contributed by atoms with Crippen molar-refractivity contribution in [1.82, 2.24) is 0 Å². The van der Waals surface area contributed by atoms with Gasteiger partial charge in [-0.3, -0.25) is 0 Å². The number of hydrogen-bond donors (Lipinski definition) is 0. The van der Waals surface area contributed by atoms with Crippen molar-refractivity contribution in [3.8, 4) is 11.1 Å². The Balaban J connectivity index is 1.70. The molecular weight excluding hydrogens is 331 g/mol. The minimum atomic E-state index is -0.318. The highest BCUT2D eigenvalue weighted by Gasteiger charge is 2.54. The summed E-state index contributed by atoms with van der Waals surface area (Å²) in [6, 6.07) is 15.8. The van der Waals surface area contributed by atoms with Gasteiger partial charge in [0.15, 0.2) is 0 Å². The van der Waals surface area contributed by atoms with E-state index in [0.29, 0.717) is 0 Å². The molecule has 0 radical (unpaired) electrons. The van der Waals surface area contributed by atoms with Crippen LogP contribution < -0.4 is 5.46 Å². The van der Waals surface area contributed by atoms with Crippen LogP contribution in [0.5, 0.6) is 0 Å². The average molecular weight is 360 g/mol. The summed E-state index contributed by atoms with van der Waals surface area (Å²) in [6.45, 7) is 8.53. The molecule has 1 saturated heterocycles. The van der Waals surface area contributed by atoms with Crippen LogP contribution in [0.15, 0.2) is 42.5 Å². The summed E-state index contributed by atoms with van der Waals surface area (Å²) in [7, 11) is -0.309. The first-order chi connectivity index (χ1) is 12.9. The van der Waals surface area contributed by atoms with E-state index in [4.69, 9.17) is 9.31 Å². The zero-order valence-corrected chi connectivity index (χ0v) is 17.0. The van der Waals surface area contributed by atoms with Crippen molar-refractivity contribution in [1.29, 1.82) is 0 Å². The molecule has 0 bridgehead atoms. The molecule has 1 saturated carbocycles. The van der Waals surface area contributed by atoms with Crippen LogP contribution in [0.3, 0.4) is 0 Å². The summed E-state index contributed by atoms with van der Waals surface area (Å²) < 4.78 is 12.9. The Morgan fingerprint density at radius 2 is 1.37 bits per heavy atom. The van der Waals surface area contributed by atoms with Gasteiger partial charge in [-0.2, -0.15) is 0 Å². The fourth-order valence-electron chi connectivity index (χ4n) is 5.39. The second-order valence-electron chi connectivity index (χ2n) is 9.55. The van der Waals surface area contributed by atoms with Crippen LogP contribution >= 0.6 is 0 Å². The van der Waals surface area contributed by atoms with Crippen LogP contribution in [0.4, 0.5) is 0 Å². The van der Waals surface area contributed by atoms with Crippen molar-refractivity contribution in [2.24, 2.45) is 0 Å². The molecule has 1 spiro atoms. The molecule has 2 aromatic carbocycles. The summed E-state index contributed by atoms with van der Waals surface area (Å²) in [6.07, 6.45) is 6.49. The summed E-state index contributed by atoms with van der Waals surface area (Å²) in [4.78, 5) is 0. The highest BCUT2D eigenvalue weighted by molar-refractivity contribution is 6.64. The van der Waals surface area contributed by atoms with E-state index >= 15 is 0 Å². The fourth-order valence-corrected chi connectivity index (χ4v) is 5.39. The zero-order valence-electron chi connectivity index (χ0n) is 17.0. The topological polar surface area (TPSA) is 18.5 Å². The quantitative estimate of drug-likeness (QED) is 0.650. The van der Waals surface area contributed by atoms with E-state index in [1.165, 1.54) is 59.8 Å². The number of hydrogen-bond acceptors (Lipinski definition) is 2. The van der Waals surface area contributed by atoms with Gasteiger partial charge in [0, 0.05) is 5.41 Å². The minimum Gasteiger partial charge on any atom is -0.399 e. The summed E-state index contributed by atoms with van der Waals surface area (Å²) in [5.74, 6) is 0. The molecule has 2 aliphatic carbocycles. The second-order valence-corrected chi connectivity index (χ2v) is 9.55. The standard InChI is InChI=1S/C24H29BO2/c1-22(2)23(3,4)27-25(26-22)20-14-10-13-19-21(20)17-11-6-7-12-18(17)24(19)15-8-5-9-16-24/h6-7,10-14H,5,8-9,15-16H2,1-4H3. The first kappa shape index (κ1) is 17.5. The maximum atomic E-state index is 6.44. The van der Waals surface area contributed by atoms with Gasteiger partial charge >= 0.3 is 7.12 Å². The van der Waals surface area contributed by atoms with E-state index in [-0.39, 0.29) is 23.7 Å². The molecule has 5 rings (SSSR count). The molecule has 3 aliphatic rings. The Kier molecular flexibility index (Phi) is 3.71. The normalized spacial score (nSPS) is 24.1. The summed E-state index contributed by atoms with van der Waals surface area (Å²) in [5, 5.41) is 0. The molecule has 140 valence electrons. The Bertz CT molecular complexity index is 877. The Labute approximate surface area is 163 Å². The van der Waals surface area contributed by atoms with Crippen LogP contribution in [-0.2, 0) is 14.7 Å². The van der Waals surface area contributed by atoms with Crippen LogP contribution in [0.2, 0.25) is 0 Å². The zero-order chi connectivity index (χ0) is 18.9. The Hall–Kier alpha value is -1.58. The van der Waals surface area contributed by atoms with E-state index in [1.54, 1.807) is 0 Å². The van der Waals surface area contributed by atoms with Gasteiger partial charge in [-0.15, -0.1) is 0 Å². The second kappa shape index (κ2) is 5.72. The third-order valence-electron chi connectivity index (χ3n) is 7.54. The van der Waals surface area contributed by atoms with Crippen molar-refractivity contribution in [2.75, 3.05) is 0 Å². The van der Waals surface area contributed by atoms with Crippen molar-refractivity contribution in [3.05, 3.63) is 53.6 Å². The molecule has 0 atom stereocenters. The SMILES string of the molecule is CC1(C)OB(c2cccc3c2-c2ccccc2C32CCCCC2)OC1(C)C. The molecule has 1 heterocycles. The van der Waals surface area contributed by atoms with Crippen molar-refractivity contribution >= 4 is 12.6 Å². The van der Waals surface area contributed by atoms with Gasteiger partial charge in [0.25, 0.3) is 0 Å². The lowest BCUT2D eigenvalue weighted by Gasteiger charge is -2.36.